The summed E-state index contributed by atoms with van der Waals surface area (Å²) in [5.41, 5.74) is 0. The van der Waals surface area contributed by atoms with Crippen molar-refractivity contribution in [2.24, 2.45) is 0 Å². The van der Waals surface area contributed by atoms with E-state index in [9.17, 15) is 20.4 Å². The maximum atomic E-state index is 9.89. The molecule has 0 aliphatic heterocycles. The summed E-state index contributed by atoms with van der Waals surface area (Å²) in [5.74, 6) is 0. The van der Waals surface area contributed by atoms with Crippen LogP contribution in [0.1, 0.15) is 26.7 Å². The van der Waals surface area contributed by atoms with Crippen LogP contribution in [-0.2, 0) is 26.2 Å². The van der Waals surface area contributed by atoms with Gasteiger partial charge in [0.25, 0.3) is 0 Å². The van der Waals surface area contributed by atoms with Crippen LogP contribution in [0.25, 0.3) is 0 Å². The third kappa shape index (κ3) is 59.0. The molecular formula is C16H38N2O6Zr. The van der Waals surface area contributed by atoms with Gasteiger partial charge in [-0.1, -0.05) is 26.7 Å². The molecule has 0 amide bonds. The number of nitrogens with zero attached hydrogens (tertiary/aromatic N) is 2. The second-order valence-corrected chi connectivity index (χ2v) is 4.87. The predicted molar refractivity (Wildman–Crippen MR) is 89.2 cm³/mol. The number of hydrogen-bond donors (Lipinski definition) is 2. The van der Waals surface area contributed by atoms with Crippen LogP contribution in [0.2, 0.25) is 0 Å². The quantitative estimate of drug-likeness (QED) is 0.347. The topological polar surface area (TPSA) is 139 Å². The van der Waals surface area contributed by atoms with E-state index in [0.717, 1.165) is 12.8 Å². The van der Waals surface area contributed by atoms with Crippen LogP contribution in [0.15, 0.2) is 0 Å². The van der Waals surface area contributed by atoms with Gasteiger partial charge in [0.05, 0.1) is 13.2 Å². The average molecular weight is 446 g/mol. The van der Waals surface area contributed by atoms with Gasteiger partial charge in [0.15, 0.2) is 0 Å². The molecule has 0 fully saturated rings. The number of aliphatic hydroxyl groups is 2. The first-order valence-corrected chi connectivity index (χ1v) is 8.36. The van der Waals surface area contributed by atoms with E-state index in [-0.39, 0.29) is 65.8 Å². The number of hydrogen-bond acceptors (Lipinski definition) is 8. The van der Waals surface area contributed by atoms with Gasteiger partial charge in [-0.3, -0.25) is 0 Å². The van der Waals surface area contributed by atoms with Gasteiger partial charge in [0.2, 0.25) is 0 Å². The third-order valence-corrected chi connectivity index (χ3v) is 2.32. The number of aliphatic hydroxyl groups excluding tert-OH is 2. The zero-order valence-electron chi connectivity index (χ0n) is 16.4. The Morgan fingerprint density at radius 2 is 0.840 bits per heavy atom. The molecule has 0 rings (SSSR count). The first-order valence-electron chi connectivity index (χ1n) is 8.36. The summed E-state index contributed by atoms with van der Waals surface area (Å²) in [6.07, 6.45) is 1.53. The zero-order valence-corrected chi connectivity index (χ0v) is 18.9. The van der Waals surface area contributed by atoms with Crippen molar-refractivity contribution in [2.75, 3.05) is 79.9 Å². The van der Waals surface area contributed by atoms with Gasteiger partial charge in [-0.15, -0.1) is 26.4 Å². The van der Waals surface area contributed by atoms with Gasteiger partial charge in [0, 0.05) is 13.1 Å². The van der Waals surface area contributed by atoms with Gasteiger partial charge >= 0.3 is 26.2 Å². The van der Waals surface area contributed by atoms with Crippen LogP contribution in [0.5, 0.6) is 0 Å². The molecule has 0 aliphatic rings. The fourth-order valence-corrected chi connectivity index (χ4v) is 0.877. The van der Waals surface area contributed by atoms with Gasteiger partial charge < -0.3 is 40.4 Å². The Bertz CT molecular complexity index is 151. The molecule has 0 aliphatic carbocycles. The van der Waals surface area contributed by atoms with E-state index in [4.69, 9.17) is 10.2 Å². The Morgan fingerprint density at radius 3 is 0.960 bits per heavy atom. The van der Waals surface area contributed by atoms with E-state index in [1.807, 2.05) is 27.9 Å². The summed E-state index contributed by atoms with van der Waals surface area (Å²) in [5, 5.41) is 55.0. The van der Waals surface area contributed by atoms with E-state index in [1.165, 1.54) is 0 Å². The Labute approximate surface area is 173 Å². The Kier molecular flexibility index (Phi) is 57.7. The summed E-state index contributed by atoms with van der Waals surface area (Å²) in [7, 11) is 3.63. The fraction of sp³-hybridized carbons (Fsp3) is 1.00. The molecule has 0 bridgehead atoms. The molecule has 0 aromatic heterocycles. The van der Waals surface area contributed by atoms with Gasteiger partial charge in [-0.25, -0.2) is 0 Å². The number of rotatable bonds is 10. The van der Waals surface area contributed by atoms with Crippen LogP contribution in [0, 0.1) is 0 Å². The molecule has 0 radical (unpaired) electrons. The molecule has 0 aromatic rings. The zero-order chi connectivity index (χ0) is 19.6. The molecule has 0 unspecified atom stereocenters. The smallest absolute Gasteiger partial charge is 0.854 e. The van der Waals surface area contributed by atoms with E-state index in [2.05, 4.69) is 0 Å². The van der Waals surface area contributed by atoms with E-state index < -0.39 is 0 Å². The normalized spacial score (nSPS) is 9.12. The largest absolute Gasteiger partial charge is 4.00 e. The van der Waals surface area contributed by atoms with Crippen molar-refractivity contribution in [3.05, 3.63) is 0 Å². The van der Waals surface area contributed by atoms with Crippen LogP contribution >= 0.6 is 0 Å². The fourth-order valence-electron chi connectivity index (χ4n) is 0.877. The minimum atomic E-state index is -0.0868. The Balaban J connectivity index is -0.0000000739. The van der Waals surface area contributed by atoms with Gasteiger partial charge in [-0.2, -0.15) is 0 Å². The van der Waals surface area contributed by atoms with Crippen LogP contribution in [-0.4, -0.2) is 99.9 Å². The SMILES string of the molecule is CCC[O-].CCC[O-].CN(CC[O-])CCO.CN(CC[O-])CCO.[Zr+4]. The Morgan fingerprint density at radius 1 is 0.600 bits per heavy atom. The molecule has 2 N–H and O–H groups in total. The number of likely N-dealkylation sites (N-methyl/N-ethyl adjacent to an activating group) is 2. The first kappa shape index (κ1) is 36.5. The van der Waals surface area contributed by atoms with Crippen molar-refractivity contribution in [1.82, 2.24) is 9.80 Å². The van der Waals surface area contributed by atoms with Gasteiger partial charge in [0.1, 0.15) is 0 Å². The molecule has 9 heteroatoms. The molecule has 0 spiro atoms. The van der Waals surface area contributed by atoms with Crippen LogP contribution in [0.4, 0.5) is 0 Å². The van der Waals surface area contributed by atoms with Gasteiger partial charge in [-0.05, 0) is 27.2 Å². The molecule has 0 saturated heterocycles. The second kappa shape index (κ2) is 39.6. The maximum absolute atomic E-state index is 9.89. The molecule has 152 valence electrons. The van der Waals surface area contributed by atoms with Crippen molar-refractivity contribution in [2.45, 2.75) is 26.7 Å². The van der Waals surface area contributed by atoms with E-state index >= 15 is 0 Å². The summed E-state index contributed by atoms with van der Waals surface area (Å²) in [4.78, 5) is 3.60. The minimum Gasteiger partial charge on any atom is -0.854 e. The van der Waals surface area contributed by atoms with Crippen molar-refractivity contribution in [3.8, 4) is 0 Å². The summed E-state index contributed by atoms with van der Waals surface area (Å²) in [6, 6.07) is 0. The van der Waals surface area contributed by atoms with E-state index in [0.29, 0.717) is 26.2 Å². The van der Waals surface area contributed by atoms with Crippen LogP contribution in [0.3, 0.4) is 0 Å². The molecular weight excluding hydrogens is 407 g/mol. The maximum Gasteiger partial charge on any atom is 4.00 e. The minimum absolute atomic E-state index is 0. The molecule has 0 heterocycles. The monoisotopic (exact) mass is 444 g/mol. The molecule has 0 atom stereocenters. The average Bonchev–Trinajstić information content (AvgIpc) is 2.57. The standard InChI is InChI=1S/2C5H12NO2.2C3H7O.Zr/c2*1-6(2-4-7)3-5-8;2*1-2-3-4;/h2*7H,2-5H2,1H3;2*2-3H2,1H3;/q4*-1;+4. The summed E-state index contributed by atoms with van der Waals surface area (Å²) in [6.45, 7) is 6.23. The summed E-state index contributed by atoms with van der Waals surface area (Å²) >= 11 is 0. The first-order chi connectivity index (χ1) is 11.4. The Hall–Kier alpha value is 0.563. The van der Waals surface area contributed by atoms with Crippen molar-refractivity contribution >= 4 is 0 Å². The van der Waals surface area contributed by atoms with Crippen molar-refractivity contribution < 1.29 is 56.8 Å². The molecule has 25 heavy (non-hydrogen) atoms. The van der Waals surface area contributed by atoms with Crippen LogP contribution < -0.4 is 20.4 Å². The molecule has 8 nitrogen and oxygen atoms in total. The van der Waals surface area contributed by atoms with E-state index in [1.54, 1.807) is 9.80 Å². The third-order valence-electron chi connectivity index (χ3n) is 2.32. The molecule has 0 saturated carbocycles. The predicted octanol–water partition coefficient (Wildman–Crippen LogP) is -3.95. The van der Waals surface area contributed by atoms with Crippen molar-refractivity contribution in [3.63, 3.8) is 0 Å². The molecule has 0 aromatic carbocycles. The van der Waals surface area contributed by atoms with Crippen molar-refractivity contribution in [1.29, 1.82) is 0 Å². The second-order valence-electron chi connectivity index (χ2n) is 4.87. The summed E-state index contributed by atoms with van der Waals surface area (Å²) < 4.78 is 0.